The maximum Gasteiger partial charge on any atom is 0.221 e. The molecule has 4 heteroatoms. The lowest BCUT2D eigenvalue weighted by molar-refractivity contribution is -0.114. The molecule has 0 unspecified atom stereocenters. The number of nitrogens with one attached hydrogen (secondary N) is 1. The van der Waals surface area contributed by atoms with Gasteiger partial charge in [0, 0.05) is 18.2 Å². The van der Waals surface area contributed by atoms with Crippen LogP contribution in [0.15, 0.2) is 34.7 Å². The third kappa shape index (κ3) is 2.91. The first kappa shape index (κ1) is 13.1. The Kier molecular flexibility index (Phi) is 3.51. The van der Waals surface area contributed by atoms with Crippen molar-refractivity contribution in [2.75, 3.05) is 5.32 Å². The van der Waals surface area contributed by atoms with Crippen molar-refractivity contribution >= 4 is 17.4 Å². The average molecular weight is 257 g/mol. The van der Waals surface area contributed by atoms with Crippen LogP contribution < -0.4 is 5.32 Å². The summed E-state index contributed by atoms with van der Waals surface area (Å²) in [5.74, 6) is 1.12. The second kappa shape index (κ2) is 5.10. The van der Waals surface area contributed by atoms with Crippen molar-refractivity contribution in [3.05, 3.63) is 53.0 Å². The van der Waals surface area contributed by atoms with Gasteiger partial charge in [-0.25, -0.2) is 0 Å². The molecule has 0 spiro atoms. The Bertz CT molecular complexity index is 623. The number of carbonyl (C=O) groups excluding carboxylic acids is 2. The fourth-order valence-electron chi connectivity index (χ4n) is 1.92. The molecule has 0 fully saturated rings. The molecule has 1 N–H and O–H groups in total. The lowest BCUT2D eigenvalue weighted by atomic mass is 10.0. The van der Waals surface area contributed by atoms with Gasteiger partial charge in [-0.2, -0.15) is 0 Å². The Labute approximate surface area is 111 Å². The van der Waals surface area contributed by atoms with Gasteiger partial charge in [-0.15, -0.1) is 0 Å². The molecule has 0 aliphatic heterocycles. The van der Waals surface area contributed by atoms with Crippen LogP contribution in [-0.4, -0.2) is 11.7 Å². The highest BCUT2D eigenvalue weighted by molar-refractivity contribution is 6.09. The van der Waals surface area contributed by atoms with E-state index in [1.807, 2.05) is 6.92 Å². The molecular weight excluding hydrogens is 242 g/mol. The van der Waals surface area contributed by atoms with E-state index in [1.54, 1.807) is 37.3 Å². The number of benzene rings is 1. The Morgan fingerprint density at radius 1 is 1.11 bits per heavy atom. The molecular formula is C15H15NO3. The first-order chi connectivity index (χ1) is 8.97. The molecule has 0 aliphatic rings. The van der Waals surface area contributed by atoms with Crippen LogP contribution in [0.1, 0.15) is 34.4 Å². The molecule has 19 heavy (non-hydrogen) atoms. The Morgan fingerprint density at radius 2 is 1.74 bits per heavy atom. The molecule has 0 bridgehead atoms. The molecule has 2 aromatic rings. The van der Waals surface area contributed by atoms with E-state index in [9.17, 15) is 9.59 Å². The third-order valence-corrected chi connectivity index (χ3v) is 2.75. The van der Waals surface area contributed by atoms with Crippen molar-refractivity contribution in [3.8, 4) is 0 Å². The summed E-state index contributed by atoms with van der Waals surface area (Å²) < 4.78 is 5.36. The molecule has 0 atom stereocenters. The molecule has 0 aliphatic carbocycles. The number of aryl methyl sites for hydroxylation is 2. The summed E-state index contributed by atoms with van der Waals surface area (Å²) >= 11 is 0. The number of amides is 1. The summed E-state index contributed by atoms with van der Waals surface area (Å²) in [4.78, 5) is 23.2. The maximum absolute atomic E-state index is 12.3. The van der Waals surface area contributed by atoms with E-state index in [-0.39, 0.29) is 11.7 Å². The van der Waals surface area contributed by atoms with Crippen molar-refractivity contribution in [2.45, 2.75) is 20.8 Å². The van der Waals surface area contributed by atoms with Crippen LogP contribution in [0.25, 0.3) is 0 Å². The van der Waals surface area contributed by atoms with E-state index in [2.05, 4.69) is 5.32 Å². The number of anilines is 1. The summed E-state index contributed by atoms with van der Waals surface area (Å²) in [6.07, 6.45) is 0. The lowest BCUT2D eigenvalue weighted by Crippen LogP contribution is -2.06. The SMILES string of the molecule is CC(=O)Nc1ccc(C(=O)c2cc(C)oc2C)cc1. The van der Waals surface area contributed by atoms with Crippen molar-refractivity contribution in [1.82, 2.24) is 0 Å². The van der Waals surface area contributed by atoms with Crippen molar-refractivity contribution in [3.63, 3.8) is 0 Å². The fourth-order valence-corrected chi connectivity index (χ4v) is 1.92. The second-order valence-electron chi connectivity index (χ2n) is 4.41. The van der Waals surface area contributed by atoms with Gasteiger partial charge in [0.05, 0.1) is 5.56 Å². The monoisotopic (exact) mass is 257 g/mol. The quantitative estimate of drug-likeness (QED) is 0.859. The summed E-state index contributed by atoms with van der Waals surface area (Å²) in [5, 5.41) is 2.66. The number of ketones is 1. The van der Waals surface area contributed by atoms with E-state index in [4.69, 9.17) is 4.42 Å². The van der Waals surface area contributed by atoms with Crippen molar-refractivity contribution in [1.29, 1.82) is 0 Å². The van der Waals surface area contributed by atoms with Gasteiger partial charge < -0.3 is 9.73 Å². The first-order valence-electron chi connectivity index (χ1n) is 5.97. The number of rotatable bonds is 3. The molecule has 0 saturated carbocycles. The van der Waals surface area contributed by atoms with E-state index >= 15 is 0 Å². The van der Waals surface area contributed by atoms with Gasteiger partial charge in [0.2, 0.25) is 5.91 Å². The first-order valence-corrected chi connectivity index (χ1v) is 5.97. The van der Waals surface area contributed by atoms with Crippen LogP contribution in [0.5, 0.6) is 0 Å². The summed E-state index contributed by atoms with van der Waals surface area (Å²) in [7, 11) is 0. The average Bonchev–Trinajstić information content (AvgIpc) is 2.68. The Balaban J connectivity index is 2.25. The molecule has 0 saturated heterocycles. The van der Waals surface area contributed by atoms with E-state index in [0.717, 1.165) is 5.76 Å². The minimum Gasteiger partial charge on any atom is -0.466 e. The second-order valence-corrected chi connectivity index (χ2v) is 4.41. The van der Waals surface area contributed by atoms with Crippen LogP contribution in [0.2, 0.25) is 0 Å². The van der Waals surface area contributed by atoms with E-state index in [1.165, 1.54) is 6.92 Å². The minimum absolute atomic E-state index is 0.0799. The molecule has 2 rings (SSSR count). The van der Waals surface area contributed by atoms with Crippen molar-refractivity contribution < 1.29 is 14.0 Å². The smallest absolute Gasteiger partial charge is 0.221 e. The fraction of sp³-hybridized carbons (Fsp3) is 0.200. The van der Waals surface area contributed by atoms with Gasteiger partial charge in [-0.05, 0) is 44.2 Å². The van der Waals surface area contributed by atoms with Gasteiger partial charge in [-0.1, -0.05) is 0 Å². The van der Waals surface area contributed by atoms with E-state index < -0.39 is 0 Å². The predicted octanol–water partition coefficient (Wildman–Crippen LogP) is 3.09. The molecule has 98 valence electrons. The van der Waals surface area contributed by atoms with Crippen LogP contribution in [-0.2, 0) is 4.79 Å². The van der Waals surface area contributed by atoms with Gasteiger partial charge in [0.1, 0.15) is 11.5 Å². The van der Waals surface area contributed by atoms with Gasteiger partial charge in [-0.3, -0.25) is 9.59 Å². The highest BCUT2D eigenvalue weighted by Gasteiger charge is 2.15. The molecule has 4 nitrogen and oxygen atoms in total. The molecule has 1 aromatic carbocycles. The zero-order chi connectivity index (χ0) is 14.0. The molecule has 1 aromatic heterocycles. The van der Waals surface area contributed by atoms with Crippen LogP contribution in [0.4, 0.5) is 5.69 Å². The topological polar surface area (TPSA) is 59.3 Å². The summed E-state index contributed by atoms with van der Waals surface area (Å²) in [6, 6.07) is 8.53. The number of hydrogen-bond donors (Lipinski definition) is 1. The predicted molar refractivity (Wildman–Crippen MR) is 72.4 cm³/mol. The van der Waals surface area contributed by atoms with Crippen molar-refractivity contribution in [2.24, 2.45) is 0 Å². The van der Waals surface area contributed by atoms with Crippen LogP contribution in [0, 0.1) is 13.8 Å². The normalized spacial score (nSPS) is 10.3. The van der Waals surface area contributed by atoms with E-state index in [0.29, 0.717) is 22.6 Å². The standard InChI is InChI=1S/C15H15NO3/c1-9-8-14(10(2)19-9)15(18)12-4-6-13(7-5-12)16-11(3)17/h4-8H,1-3H3,(H,16,17). The number of hydrogen-bond acceptors (Lipinski definition) is 3. The third-order valence-electron chi connectivity index (χ3n) is 2.75. The van der Waals surface area contributed by atoms with Crippen LogP contribution in [0.3, 0.4) is 0 Å². The van der Waals surface area contributed by atoms with Gasteiger partial charge in [0.15, 0.2) is 5.78 Å². The summed E-state index contributed by atoms with van der Waals surface area (Å²) in [6.45, 7) is 5.02. The highest BCUT2D eigenvalue weighted by atomic mass is 16.3. The molecule has 0 radical (unpaired) electrons. The lowest BCUT2D eigenvalue weighted by Gasteiger charge is -2.03. The summed E-state index contributed by atoms with van der Waals surface area (Å²) in [5.41, 5.74) is 1.81. The largest absolute Gasteiger partial charge is 0.466 e. The minimum atomic E-state index is -0.139. The Hall–Kier alpha value is -2.36. The van der Waals surface area contributed by atoms with Gasteiger partial charge in [0.25, 0.3) is 0 Å². The molecule has 1 amide bonds. The zero-order valence-corrected chi connectivity index (χ0v) is 11.1. The zero-order valence-electron chi connectivity index (χ0n) is 11.1. The highest BCUT2D eigenvalue weighted by Crippen LogP contribution is 2.19. The Morgan fingerprint density at radius 3 is 2.21 bits per heavy atom. The number of carbonyl (C=O) groups is 2. The van der Waals surface area contributed by atoms with Gasteiger partial charge >= 0.3 is 0 Å². The maximum atomic E-state index is 12.3. The number of furan rings is 1. The molecule has 1 heterocycles. The van der Waals surface area contributed by atoms with Crippen LogP contribution >= 0.6 is 0 Å².